The number of anilines is 1. The summed E-state index contributed by atoms with van der Waals surface area (Å²) in [5, 5.41) is 14.6. The summed E-state index contributed by atoms with van der Waals surface area (Å²) in [5.41, 5.74) is -0.0667. The standard InChI is InChI=1S/C17H24FNO3/c1-21-11-12-3-8-15(17(20)9-2-10-22-16(12)17)19-14-6-4-13(18)5-7-14/h4-7,12,15-16,19-20H,2-3,8-11H2,1H3/t12-,15-,16+,17+/m1/s1. The predicted molar refractivity (Wildman–Crippen MR) is 82.3 cm³/mol. The van der Waals surface area contributed by atoms with Crippen molar-refractivity contribution in [2.24, 2.45) is 5.92 Å². The number of halogens is 1. The Kier molecular flexibility index (Phi) is 4.66. The third kappa shape index (κ3) is 2.98. The van der Waals surface area contributed by atoms with Crippen LogP contribution in [-0.2, 0) is 9.47 Å². The molecule has 5 heteroatoms. The van der Waals surface area contributed by atoms with Gasteiger partial charge in [-0.25, -0.2) is 4.39 Å². The molecule has 4 atom stereocenters. The number of hydrogen-bond donors (Lipinski definition) is 2. The van der Waals surface area contributed by atoms with Crippen LogP contribution in [0.2, 0.25) is 0 Å². The van der Waals surface area contributed by atoms with Crippen LogP contribution in [0.4, 0.5) is 10.1 Å². The van der Waals surface area contributed by atoms with Crippen LogP contribution in [0.25, 0.3) is 0 Å². The first-order chi connectivity index (χ1) is 10.6. The Balaban J connectivity index is 1.78. The van der Waals surface area contributed by atoms with Crippen molar-refractivity contribution >= 4 is 5.69 Å². The molecular weight excluding hydrogens is 285 g/mol. The van der Waals surface area contributed by atoms with Gasteiger partial charge in [-0.1, -0.05) is 0 Å². The Morgan fingerprint density at radius 3 is 2.86 bits per heavy atom. The fourth-order valence-electron chi connectivity index (χ4n) is 3.88. The van der Waals surface area contributed by atoms with Gasteiger partial charge in [0.05, 0.1) is 18.8 Å². The Labute approximate surface area is 130 Å². The number of fused-ring (bicyclic) bond motifs is 1. The second-order valence-corrected chi connectivity index (χ2v) is 6.38. The molecule has 2 aliphatic rings. The van der Waals surface area contributed by atoms with Gasteiger partial charge in [-0.15, -0.1) is 0 Å². The lowest BCUT2D eigenvalue weighted by Gasteiger charge is -2.51. The number of ether oxygens (including phenoxy) is 2. The average molecular weight is 309 g/mol. The average Bonchev–Trinajstić information content (AvgIpc) is 2.52. The summed E-state index contributed by atoms with van der Waals surface area (Å²) in [4.78, 5) is 0. The molecule has 0 spiro atoms. The van der Waals surface area contributed by atoms with E-state index >= 15 is 0 Å². The topological polar surface area (TPSA) is 50.7 Å². The minimum atomic E-state index is -0.895. The van der Waals surface area contributed by atoms with Gasteiger partial charge in [-0.05, 0) is 49.9 Å². The molecule has 1 aliphatic heterocycles. The van der Waals surface area contributed by atoms with Crippen molar-refractivity contribution in [2.75, 3.05) is 25.6 Å². The molecule has 1 heterocycles. The highest BCUT2D eigenvalue weighted by molar-refractivity contribution is 5.45. The summed E-state index contributed by atoms with van der Waals surface area (Å²) < 4.78 is 24.2. The van der Waals surface area contributed by atoms with Crippen LogP contribution in [0, 0.1) is 11.7 Å². The minimum Gasteiger partial charge on any atom is -0.385 e. The van der Waals surface area contributed by atoms with Crippen LogP contribution < -0.4 is 5.32 Å². The highest BCUT2D eigenvalue weighted by Crippen LogP contribution is 2.42. The number of methoxy groups -OCH3 is 1. The minimum absolute atomic E-state index is 0.0867. The molecule has 2 fully saturated rings. The van der Waals surface area contributed by atoms with E-state index in [-0.39, 0.29) is 23.9 Å². The molecule has 1 saturated carbocycles. The summed E-state index contributed by atoms with van der Waals surface area (Å²) >= 11 is 0. The molecule has 1 saturated heterocycles. The molecule has 0 amide bonds. The summed E-state index contributed by atoms with van der Waals surface area (Å²) in [6.45, 7) is 1.30. The molecule has 1 aliphatic carbocycles. The maximum absolute atomic E-state index is 13.0. The van der Waals surface area contributed by atoms with Crippen LogP contribution >= 0.6 is 0 Å². The van der Waals surface area contributed by atoms with Gasteiger partial charge in [-0.3, -0.25) is 0 Å². The second kappa shape index (κ2) is 6.52. The molecule has 122 valence electrons. The predicted octanol–water partition coefficient (Wildman–Crippen LogP) is 2.57. The van der Waals surface area contributed by atoms with Crippen LogP contribution in [0.15, 0.2) is 24.3 Å². The van der Waals surface area contributed by atoms with Gasteiger partial charge in [0.1, 0.15) is 11.4 Å². The van der Waals surface area contributed by atoms with E-state index in [9.17, 15) is 9.50 Å². The van der Waals surface area contributed by atoms with Gasteiger partial charge < -0.3 is 19.9 Å². The first-order valence-corrected chi connectivity index (χ1v) is 7.98. The molecule has 0 aromatic heterocycles. The van der Waals surface area contributed by atoms with Gasteiger partial charge in [-0.2, -0.15) is 0 Å². The van der Waals surface area contributed by atoms with Crippen molar-refractivity contribution in [3.63, 3.8) is 0 Å². The molecule has 2 N–H and O–H groups in total. The van der Waals surface area contributed by atoms with Crippen molar-refractivity contribution in [1.29, 1.82) is 0 Å². The van der Waals surface area contributed by atoms with E-state index in [0.29, 0.717) is 13.2 Å². The van der Waals surface area contributed by atoms with Gasteiger partial charge in [0.15, 0.2) is 0 Å². The van der Waals surface area contributed by atoms with E-state index in [1.54, 1.807) is 19.2 Å². The smallest absolute Gasteiger partial charge is 0.123 e. The maximum atomic E-state index is 13.0. The monoisotopic (exact) mass is 309 g/mol. The third-order valence-electron chi connectivity index (χ3n) is 4.94. The van der Waals surface area contributed by atoms with Gasteiger partial charge in [0.25, 0.3) is 0 Å². The van der Waals surface area contributed by atoms with E-state index in [1.807, 2.05) is 0 Å². The lowest BCUT2D eigenvalue weighted by Crippen LogP contribution is -2.64. The fraction of sp³-hybridized carbons (Fsp3) is 0.647. The Morgan fingerprint density at radius 2 is 2.14 bits per heavy atom. The van der Waals surface area contributed by atoms with Crippen LogP contribution in [0.5, 0.6) is 0 Å². The zero-order valence-corrected chi connectivity index (χ0v) is 12.9. The largest absolute Gasteiger partial charge is 0.385 e. The van der Waals surface area contributed by atoms with E-state index in [1.165, 1.54) is 12.1 Å². The van der Waals surface area contributed by atoms with Crippen molar-refractivity contribution in [2.45, 2.75) is 43.4 Å². The first kappa shape index (κ1) is 15.7. The Bertz CT molecular complexity index is 495. The maximum Gasteiger partial charge on any atom is 0.123 e. The molecular formula is C17H24FNO3. The summed E-state index contributed by atoms with van der Waals surface area (Å²) in [5.74, 6) is -0.0338. The zero-order valence-electron chi connectivity index (χ0n) is 12.9. The number of benzene rings is 1. The molecule has 0 unspecified atom stereocenters. The molecule has 0 radical (unpaired) electrons. The van der Waals surface area contributed by atoms with Gasteiger partial charge >= 0.3 is 0 Å². The first-order valence-electron chi connectivity index (χ1n) is 7.98. The lowest BCUT2D eigenvalue weighted by atomic mass is 9.69. The Hall–Kier alpha value is -1.17. The molecule has 1 aromatic rings. The number of hydrogen-bond acceptors (Lipinski definition) is 4. The van der Waals surface area contributed by atoms with Crippen molar-refractivity contribution < 1.29 is 19.0 Å². The number of aliphatic hydroxyl groups is 1. The second-order valence-electron chi connectivity index (χ2n) is 6.38. The normalized spacial score (nSPS) is 35.0. The van der Waals surface area contributed by atoms with Gasteiger partial charge in [0, 0.05) is 25.3 Å². The quantitative estimate of drug-likeness (QED) is 0.897. The van der Waals surface area contributed by atoms with Crippen LogP contribution in [-0.4, -0.2) is 43.2 Å². The van der Waals surface area contributed by atoms with Crippen molar-refractivity contribution in [3.05, 3.63) is 30.1 Å². The van der Waals surface area contributed by atoms with Crippen LogP contribution in [0.1, 0.15) is 25.7 Å². The highest BCUT2D eigenvalue weighted by Gasteiger charge is 2.52. The molecule has 1 aromatic carbocycles. The SMILES string of the molecule is COC[C@H]1CC[C@@H](Nc2ccc(F)cc2)[C@@]2(O)CCCO[C@@H]12. The molecule has 4 nitrogen and oxygen atoms in total. The molecule has 3 rings (SSSR count). The van der Waals surface area contributed by atoms with E-state index in [0.717, 1.165) is 31.4 Å². The zero-order chi connectivity index (χ0) is 15.6. The highest BCUT2D eigenvalue weighted by atomic mass is 19.1. The number of rotatable bonds is 4. The van der Waals surface area contributed by atoms with Gasteiger partial charge in [0.2, 0.25) is 0 Å². The van der Waals surface area contributed by atoms with Crippen LogP contribution in [0.3, 0.4) is 0 Å². The third-order valence-corrected chi connectivity index (χ3v) is 4.94. The van der Waals surface area contributed by atoms with E-state index in [2.05, 4.69) is 5.32 Å². The van der Waals surface area contributed by atoms with Crippen molar-refractivity contribution in [3.8, 4) is 0 Å². The Morgan fingerprint density at radius 1 is 1.36 bits per heavy atom. The lowest BCUT2D eigenvalue weighted by molar-refractivity contribution is -0.196. The van der Waals surface area contributed by atoms with E-state index < -0.39 is 5.60 Å². The molecule has 0 bridgehead atoms. The summed E-state index contributed by atoms with van der Waals surface area (Å²) in [6, 6.07) is 6.18. The number of nitrogens with one attached hydrogen (secondary N) is 1. The van der Waals surface area contributed by atoms with Crippen molar-refractivity contribution in [1.82, 2.24) is 0 Å². The summed E-state index contributed by atoms with van der Waals surface area (Å²) in [7, 11) is 1.69. The fourth-order valence-corrected chi connectivity index (χ4v) is 3.88. The summed E-state index contributed by atoms with van der Waals surface area (Å²) in [6.07, 6.45) is 3.17. The molecule has 22 heavy (non-hydrogen) atoms. The van der Waals surface area contributed by atoms with E-state index in [4.69, 9.17) is 9.47 Å².